The van der Waals surface area contributed by atoms with Crippen LogP contribution in [0.5, 0.6) is 0 Å². The number of halogens is 3. The van der Waals surface area contributed by atoms with Gasteiger partial charge in [0.15, 0.2) is 0 Å². The highest BCUT2D eigenvalue weighted by molar-refractivity contribution is 5.89. The first-order valence-electron chi connectivity index (χ1n) is 6.23. The van der Waals surface area contributed by atoms with Gasteiger partial charge in [-0.3, -0.25) is 5.43 Å². The smallest absolute Gasteiger partial charge is 0.430 e. The summed E-state index contributed by atoms with van der Waals surface area (Å²) in [5.41, 5.74) is 3.29. The molecule has 0 saturated heterocycles. The van der Waals surface area contributed by atoms with Crippen LogP contribution in [0, 0.1) is 0 Å². The standard InChI is InChI=1S/C11H16N2O2.C2HF3O2/c1-3-15-11(14)10-6-4-9(5-7-10)8(2)13-12;3-2(4,5)1(6)7/h4-8,13H,3,12H2,1-2H3;(H,6,7)/t8-;/m1./s1. The van der Waals surface area contributed by atoms with Gasteiger partial charge < -0.3 is 14.6 Å². The summed E-state index contributed by atoms with van der Waals surface area (Å²) in [6, 6.07) is 7.49. The number of ether oxygens (including phenoxy) is 1. The fraction of sp³-hybridized carbons (Fsp3) is 0.385. The summed E-state index contributed by atoms with van der Waals surface area (Å²) in [6.45, 7) is 4.19. The summed E-state index contributed by atoms with van der Waals surface area (Å²) in [6.07, 6.45) is -5.19. The van der Waals surface area contributed by atoms with Crippen LogP contribution in [0.1, 0.15) is 35.8 Å². The third kappa shape index (κ3) is 7.04. The number of alkyl halides is 3. The number of rotatable bonds is 4. The van der Waals surface area contributed by atoms with Crippen LogP contribution in [-0.2, 0) is 9.53 Å². The topological polar surface area (TPSA) is 109 Å². The lowest BCUT2D eigenvalue weighted by molar-refractivity contribution is -0.705. The molecule has 124 valence electrons. The first-order chi connectivity index (χ1) is 10.1. The van der Waals surface area contributed by atoms with Gasteiger partial charge >= 0.3 is 12.1 Å². The number of hydrogen-bond acceptors (Lipinski definition) is 5. The van der Waals surface area contributed by atoms with Crippen molar-refractivity contribution in [3.05, 3.63) is 35.4 Å². The largest absolute Gasteiger partial charge is 0.542 e. The van der Waals surface area contributed by atoms with Gasteiger partial charge in [0, 0.05) is 5.56 Å². The molecular weight excluding hydrogens is 305 g/mol. The van der Waals surface area contributed by atoms with E-state index < -0.39 is 12.1 Å². The lowest BCUT2D eigenvalue weighted by Gasteiger charge is -2.07. The summed E-state index contributed by atoms with van der Waals surface area (Å²) >= 11 is 0. The average Bonchev–Trinajstić information content (AvgIpc) is 2.46. The predicted octanol–water partition coefficient (Wildman–Crippen LogP) is -0.340. The van der Waals surface area contributed by atoms with Crippen molar-refractivity contribution < 1.29 is 38.0 Å². The van der Waals surface area contributed by atoms with E-state index in [1.807, 2.05) is 19.1 Å². The van der Waals surface area contributed by atoms with Crippen molar-refractivity contribution in [2.24, 2.45) is 5.84 Å². The fourth-order valence-electron chi connectivity index (χ4n) is 1.25. The Labute approximate surface area is 125 Å². The number of carboxylic acid groups (broad SMARTS) is 1. The predicted molar refractivity (Wildman–Crippen MR) is 68.0 cm³/mol. The number of carbonyl (C=O) groups is 2. The van der Waals surface area contributed by atoms with Gasteiger partial charge in [-0.05, 0) is 26.0 Å². The molecule has 22 heavy (non-hydrogen) atoms. The molecule has 0 radical (unpaired) electrons. The second-order valence-electron chi connectivity index (χ2n) is 4.11. The maximum Gasteiger partial charge on any atom is 0.430 e. The lowest BCUT2D eigenvalue weighted by Crippen LogP contribution is -2.91. The van der Waals surface area contributed by atoms with Crippen molar-refractivity contribution in [3.63, 3.8) is 0 Å². The Balaban J connectivity index is 0.000000534. The molecule has 0 aromatic heterocycles. The molecule has 0 aliphatic heterocycles. The van der Waals surface area contributed by atoms with E-state index in [2.05, 4.69) is 0 Å². The second kappa shape index (κ2) is 9.00. The molecule has 0 fully saturated rings. The molecule has 1 aromatic rings. The van der Waals surface area contributed by atoms with Gasteiger partial charge in [0.2, 0.25) is 0 Å². The van der Waals surface area contributed by atoms with E-state index in [0.717, 1.165) is 5.56 Å². The van der Waals surface area contributed by atoms with Crippen molar-refractivity contribution in [2.75, 3.05) is 6.61 Å². The molecule has 1 rings (SSSR count). The van der Waals surface area contributed by atoms with Crippen LogP contribution in [0.4, 0.5) is 13.2 Å². The summed E-state index contributed by atoms with van der Waals surface area (Å²) in [7, 11) is 0. The highest BCUT2D eigenvalue weighted by Gasteiger charge is 2.28. The zero-order valence-corrected chi connectivity index (χ0v) is 12.0. The summed E-state index contributed by atoms with van der Waals surface area (Å²) in [5, 5.41) is 8.78. The second-order valence-corrected chi connectivity index (χ2v) is 4.11. The molecule has 6 nitrogen and oxygen atoms in total. The van der Waals surface area contributed by atoms with Crippen LogP contribution in [0.3, 0.4) is 0 Å². The molecule has 1 aromatic carbocycles. The Morgan fingerprint density at radius 1 is 1.32 bits per heavy atom. The van der Waals surface area contributed by atoms with Crippen molar-refractivity contribution in [2.45, 2.75) is 26.1 Å². The van der Waals surface area contributed by atoms with Gasteiger partial charge in [-0.2, -0.15) is 19.0 Å². The van der Waals surface area contributed by atoms with Crippen molar-refractivity contribution in [1.82, 2.24) is 0 Å². The summed E-state index contributed by atoms with van der Waals surface area (Å²) in [5.74, 6) is 2.14. The molecule has 0 aliphatic carbocycles. The van der Waals surface area contributed by atoms with Gasteiger partial charge in [-0.1, -0.05) is 12.1 Å². The number of carbonyl (C=O) groups excluding carboxylic acids is 2. The molecule has 0 unspecified atom stereocenters. The number of carboxylic acids is 1. The first-order valence-corrected chi connectivity index (χ1v) is 6.23. The van der Waals surface area contributed by atoms with Crippen LogP contribution >= 0.6 is 0 Å². The molecule has 4 N–H and O–H groups in total. The zero-order valence-electron chi connectivity index (χ0n) is 12.0. The average molecular weight is 322 g/mol. The third-order valence-electron chi connectivity index (χ3n) is 2.47. The van der Waals surface area contributed by atoms with Crippen LogP contribution in [0.15, 0.2) is 24.3 Å². The minimum Gasteiger partial charge on any atom is -0.542 e. The van der Waals surface area contributed by atoms with E-state index in [0.29, 0.717) is 12.2 Å². The number of hydrogen-bond donors (Lipinski definition) is 2. The van der Waals surface area contributed by atoms with Crippen molar-refractivity contribution >= 4 is 11.9 Å². The van der Waals surface area contributed by atoms with Crippen LogP contribution in [-0.4, -0.2) is 24.7 Å². The quantitative estimate of drug-likeness (QED) is 0.448. The maximum atomic E-state index is 11.3. The SMILES string of the molecule is CCOC(=O)c1ccc([C@@H](C)[NH2+]N)cc1.O=C([O-])C(F)(F)F. The van der Waals surface area contributed by atoms with E-state index >= 15 is 0 Å². The minimum absolute atomic E-state index is 0.196. The van der Waals surface area contributed by atoms with E-state index in [4.69, 9.17) is 20.5 Å². The van der Waals surface area contributed by atoms with E-state index in [1.165, 1.54) is 0 Å². The number of benzene rings is 1. The molecule has 0 saturated carbocycles. The first kappa shape index (κ1) is 19.9. The minimum atomic E-state index is -5.19. The molecule has 0 heterocycles. The number of nitrogens with two attached hydrogens (primary N) is 2. The summed E-state index contributed by atoms with van der Waals surface area (Å²) in [4.78, 5) is 20.1. The van der Waals surface area contributed by atoms with Crippen molar-refractivity contribution in [3.8, 4) is 0 Å². The highest BCUT2D eigenvalue weighted by atomic mass is 19.4. The Bertz CT molecular complexity index is 489. The Morgan fingerprint density at radius 2 is 1.77 bits per heavy atom. The summed E-state index contributed by atoms with van der Waals surface area (Å²) < 4.78 is 36.4. The van der Waals surface area contributed by atoms with E-state index in [9.17, 15) is 18.0 Å². The number of aliphatic carboxylic acids is 1. The Kier molecular flexibility index (Phi) is 8.13. The van der Waals surface area contributed by atoms with Gasteiger partial charge in [0.1, 0.15) is 12.0 Å². The molecule has 0 amide bonds. The van der Waals surface area contributed by atoms with E-state index in [1.54, 1.807) is 24.5 Å². The normalized spacial score (nSPS) is 11.9. The van der Waals surface area contributed by atoms with Crippen LogP contribution < -0.4 is 16.4 Å². The molecule has 1 atom stereocenters. The van der Waals surface area contributed by atoms with Gasteiger partial charge in [-0.25, -0.2) is 4.79 Å². The Hall–Kier alpha value is -2.13. The Morgan fingerprint density at radius 3 is 2.09 bits per heavy atom. The van der Waals surface area contributed by atoms with Crippen LogP contribution in [0.25, 0.3) is 0 Å². The molecule has 0 bridgehead atoms. The third-order valence-corrected chi connectivity index (χ3v) is 2.47. The highest BCUT2D eigenvalue weighted by Crippen LogP contribution is 2.11. The lowest BCUT2D eigenvalue weighted by atomic mass is 10.1. The van der Waals surface area contributed by atoms with Gasteiger partial charge in [0.25, 0.3) is 0 Å². The molecule has 9 heteroatoms. The maximum absolute atomic E-state index is 11.3. The fourth-order valence-corrected chi connectivity index (χ4v) is 1.25. The zero-order chi connectivity index (χ0) is 17.3. The van der Waals surface area contributed by atoms with Crippen LogP contribution in [0.2, 0.25) is 0 Å². The van der Waals surface area contributed by atoms with Gasteiger partial charge in [0.05, 0.1) is 12.2 Å². The number of esters is 1. The molecule has 0 aliphatic rings. The molecular formula is C13H17F3N2O4. The van der Waals surface area contributed by atoms with E-state index in [-0.39, 0.29) is 12.0 Å². The molecule has 0 spiro atoms. The van der Waals surface area contributed by atoms with Crippen molar-refractivity contribution in [1.29, 1.82) is 0 Å². The van der Waals surface area contributed by atoms with Gasteiger partial charge in [-0.15, -0.1) is 0 Å². The number of quaternary nitrogens is 1. The monoisotopic (exact) mass is 322 g/mol.